The van der Waals surface area contributed by atoms with Crippen molar-refractivity contribution in [3.05, 3.63) is 0 Å². The second kappa shape index (κ2) is 3.55. The van der Waals surface area contributed by atoms with Gasteiger partial charge in [-0.05, 0) is 25.7 Å². The topological polar surface area (TPSA) is 0 Å². The van der Waals surface area contributed by atoms with E-state index in [0.29, 0.717) is 12.8 Å². The van der Waals surface area contributed by atoms with Crippen LogP contribution in [0.15, 0.2) is 0 Å². The monoisotopic (exact) mass is 144 g/mol. The first-order chi connectivity index (χ1) is 4.79. The van der Waals surface area contributed by atoms with Crippen LogP contribution in [-0.4, -0.2) is 12.3 Å². The summed E-state index contributed by atoms with van der Waals surface area (Å²) in [7, 11) is 0. The molecule has 0 nitrogen and oxygen atoms in total. The molecule has 10 heavy (non-hydrogen) atoms. The molecule has 0 fully saturated rings. The third-order valence-corrected chi connectivity index (χ3v) is 1.56. The Hall–Kier alpha value is -0.580. The highest BCUT2D eigenvalue weighted by Gasteiger charge is 2.08. The molecule has 2 unspecified atom stereocenters. The first-order valence-electron chi connectivity index (χ1n) is 3.58. The van der Waals surface area contributed by atoms with Crippen LogP contribution in [0.25, 0.3) is 0 Å². The number of hydrogen-bond acceptors (Lipinski definition) is 0. The van der Waals surface area contributed by atoms with Gasteiger partial charge in [0, 0.05) is 0 Å². The molecule has 0 aliphatic heterocycles. The van der Waals surface area contributed by atoms with Gasteiger partial charge in [-0.3, -0.25) is 0 Å². The molecule has 1 rings (SSSR count). The van der Waals surface area contributed by atoms with E-state index >= 15 is 0 Å². The van der Waals surface area contributed by atoms with Crippen molar-refractivity contribution in [3.8, 4) is 11.8 Å². The second-order valence-electron chi connectivity index (χ2n) is 2.51. The highest BCUT2D eigenvalue weighted by molar-refractivity contribution is 5.09. The van der Waals surface area contributed by atoms with E-state index in [1.165, 1.54) is 0 Å². The minimum Gasteiger partial charge on any atom is -0.233 e. The summed E-state index contributed by atoms with van der Waals surface area (Å²) in [5, 5.41) is 0. The van der Waals surface area contributed by atoms with E-state index in [1.807, 2.05) is 0 Å². The summed E-state index contributed by atoms with van der Waals surface area (Å²) in [4.78, 5) is 0. The maximum atomic E-state index is 12.5. The van der Waals surface area contributed by atoms with Crippen LogP contribution < -0.4 is 0 Å². The van der Waals surface area contributed by atoms with E-state index in [-0.39, 0.29) is 0 Å². The molecule has 0 radical (unpaired) electrons. The van der Waals surface area contributed by atoms with Gasteiger partial charge in [-0.25, -0.2) is 8.78 Å². The fraction of sp³-hybridized carbons (Fsp3) is 0.750. The molecule has 56 valence electrons. The van der Waals surface area contributed by atoms with E-state index in [1.54, 1.807) is 0 Å². The van der Waals surface area contributed by atoms with E-state index < -0.39 is 12.3 Å². The molecule has 1 aliphatic carbocycles. The first-order valence-corrected chi connectivity index (χ1v) is 3.58. The Morgan fingerprint density at radius 2 is 1.30 bits per heavy atom. The summed E-state index contributed by atoms with van der Waals surface area (Å²) in [5.41, 5.74) is 0. The highest BCUT2D eigenvalue weighted by Crippen LogP contribution is 2.12. The van der Waals surface area contributed by atoms with Gasteiger partial charge in [-0.2, -0.15) is 0 Å². The van der Waals surface area contributed by atoms with Crippen LogP contribution in [0, 0.1) is 11.8 Å². The Bertz CT molecular complexity index is 138. The molecule has 2 atom stereocenters. The van der Waals surface area contributed by atoms with Crippen LogP contribution in [0.5, 0.6) is 0 Å². The molecule has 0 amide bonds. The average Bonchev–Trinajstić information content (AvgIpc) is 1.90. The molecular formula is C8H10F2. The maximum Gasteiger partial charge on any atom is 0.160 e. The summed E-state index contributed by atoms with van der Waals surface area (Å²) in [6, 6.07) is 0. The predicted octanol–water partition coefficient (Wildman–Crippen LogP) is 2.24. The van der Waals surface area contributed by atoms with Gasteiger partial charge >= 0.3 is 0 Å². The third kappa shape index (κ3) is 2.34. The quantitative estimate of drug-likeness (QED) is 0.457. The first kappa shape index (κ1) is 7.53. The Morgan fingerprint density at radius 3 is 1.70 bits per heavy atom. The van der Waals surface area contributed by atoms with Crippen LogP contribution in [0.2, 0.25) is 0 Å². The average molecular weight is 144 g/mol. The van der Waals surface area contributed by atoms with Gasteiger partial charge in [0.25, 0.3) is 0 Å². The van der Waals surface area contributed by atoms with Gasteiger partial charge in [0.2, 0.25) is 0 Å². The molecule has 1 aliphatic rings. The number of halogens is 2. The molecule has 0 heterocycles. The molecule has 0 aromatic carbocycles. The van der Waals surface area contributed by atoms with Crippen molar-refractivity contribution in [1.29, 1.82) is 0 Å². The zero-order valence-corrected chi connectivity index (χ0v) is 5.74. The van der Waals surface area contributed by atoms with Crippen LogP contribution >= 0.6 is 0 Å². The van der Waals surface area contributed by atoms with Crippen LogP contribution in [0.3, 0.4) is 0 Å². The van der Waals surface area contributed by atoms with Crippen molar-refractivity contribution < 1.29 is 8.78 Å². The second-order valence-corrected chi connectivity index (χ2v) is 2.51. The summed E-state index contributed by atoms with van der Waals surface area (Å²) in [6.45, 7) is 0. The lowest BCUT2D eigenvalue weighted by molar-refractivity contribution is 0.337. The van der Waals surface area contributed by atoms with Crippen molar-refractivity contribution in [2.45, 2.75) is 38.0 Å². The number of hydrogen-bond donors (Lipinski definition) is 0. The highest BCUT2D eigenvalue weighted by atomic mass is 19.1. The molecule has 0 aromatic heterocycles. The molecule has 0 aromatic rings. The van der Waals surface area contributed by atoms with Gasteiger partial charge in [0.1, 0.15) is 0 Å². The summed E-state index contributed by atoms with van der Waals surface area (Å²) in [5.74, 6) is 4.49. The van der Waals surface area contributed by atoms with Gasteiger partial charge < -0.3 is 0 Å². The van der Waals surface area contributed by atoms with E-state index in [4.69, 9.17) is 0 Å². The fourth-order valence-corrected chi connectivity index (χ4v) is 0.972. The van der Waals surface area contributed by atoms with Crippen LogP contribution in [-0.2, 0) is 0 Å². The summed E-state index contributed by atoms with van der Waals surface area (Å²) < 4.78 is 24.9. The zero-order chi connectivity index (χ0) is 7.40. The SMILES string of the molecule is FC1C#CC(F)CCCC1. The van der Waals surface area contributed by atoms with Gasteiger partial charge in [-0.1, -0.05) is 11.8 Å². The lowest BCUT2D eigenvalue weighted by Gasteiger charge is -2.05. The largest absolute Gasteiger partial charge is 0.233 e. The van der Waals surface area contributed by atoms with E-state index in [9.17, 15) is 8.78 Å². The molecule has 0 bridgehead atoms. The summed E-state index contributed by atoms with van der Waals surface area (Å²) in [6.07, 6.45) is 0.267. The van der Waals surface area contributed by atoms with Crippen molar-refractivity contribution >= 4 is 0 Å². The Morgan fingerprint density at radius 1 is 0.900 bits per heavy atom. The normalized spacial score (nSPS) is 33.4. The Kier molecular flexibility index (Phi) is 2.68. The van der Waals surface area contributed by atoms with Crippen LogP contribution in [0.1, 0.15) is 25.7 Å². The molecule has 2 heteroatoms. The van der Waals surface area contributed by atoms with Crippen molar-refractivity contribution in [3.63, 3.8) is 0 Å². The lowest BCUT2D eigenvalue weighted by atomic mass is 10.1. The van der Waals surface area contributed by atoms with Crippen molar-refractivity contribution in [2.24, 2.45) is 0 Å². The Balaban J connectivity index is 2.49. The molecular weight excluding hydrogens is 134 g/mol. The lowest BCUT2D eigenvalue weighted by Crippen LogP contribution is -2.04. The molecule has 0 saturated heterocycles. The van der Waals surface area contributed by atoms with E-state index in [0.717, 1.165) is 12.8 Å². The van der Waals surface area contributed by atoms with Gasteiger partial charge in [0.05, 0.1) is 0 Å². The van der Waals surface area contributed by atoms with Crippen molar-refractivity contribution in [2.75, 3.05) is 0 Å². The van der Waals surface area contributed by atoms with Gasteiger partial charge in [0.15, 0.2) is 12.3 Å². The number of alkyl halides is 2. The van der Waals surface area contributed by atoms with Gasteiger partial charge in [-0.15, -0.1) is 0 Å². The third-order valence-electron chi connectivity index (χ3n) is 1.56. The molecule has 0 saturated carbocycles. The van der Waals surface area contributed by atoms with Crippen molar-refractivity contribution in [1.82, 2.24) is 0 Å². The van der Waals surface area contributed by atoms with Crippen LogP contribution in [0.4, 0.5) is 8.78 Å². The van der Waals surface area contributed by atoms with E-state index in [2.05, 4.69) is 11.8 Å². The minimum absolute atomic E-state index is 0.472. The zero-order valence-electron chi connectivity index (χ0n) is 5.74. The Labute approximate surface area is 59.6 Å². The molecule has 0 spiro atoms. The maximum absolute atomic E-state index is 12.5. The number of rotatable bonds is 0. The minimum atomic E-state index is -1.10. The molecule has 0 N–H and O–H groups in total. The smallest absolute Gasteiger partial charge is 0.160 e. The fourth-order valence-electron chi connectivity index (χ4n) is 0.972. The predicted molar refractivity (Wildman–Crippen MR) is 36.0 cm³/mol. The standard InChI is InChI=1S/C8H10F2/c9-7-3-1-2-4-8(10)6-5-7/h7-8H,1-4H2. The summed E-state index contributed by atoms with van der Waals surface area (Å²) >= 11 is 0.